The molecule has 2 aliphatic heterocycles. The number of alkyl carbamates (subject to hydrolysis) is 1. The number of aliphatic hydroxyl groups excluding tert-OH is 1. The van der Waals surface area contributed by atoms with Crippen LogP contribution in [0, 0.1) is 5.92 Å². The molecule has 0 aliphatic carbocycles. The number of carbonyl (C=O) groups is 1. The minimum Gasteiger partial charge on any atom is -0.497 e. The zero-order valence-corrected chi connectivity index (χ0v) is 15.2. The lowest BCUT2D eigenvalue weighted by Gasteiger charge is -2.25. The highest BCUT2D eigenvalue weighted by Crippen LogP contribution is 2.19. The van der Waals surface area contributed by atoms with E-state index in [0.717, 1.165) is 37.2 Å². The SMILES string of the molecule is COc1ccc(C[C@H]2NC[C@H](O)[C@H]2OC(=O)NC[C@@H]2CCCNC2)cc1. The van der Waals surface area contributed by atoms with Gasteiger partial charge in [-0.2, -0.15) is 0 Å². The maximum absolute atomic E-state index is 12.2. The van der Waals surface area contributed by atoms with Crippen LogP contribution < -0.4 is 20.7 Å². The van der Waals surface area contributed by atoms with Crippen LogP contribution in [-0.2, 0) is 11.2 Å². The molecule has 2 aliphatic rings. The van der Waals surface area contributed by atoms with Crippen molar-refractivity contribution in [1.29, 1.82) is 0 Å². The van der Waals surface area contributed by atoms with Crippen LogP contribution in [0.4, 0.5) is 4.79 Å². The Balaban J connectivity index is 1.49. The molecule has 3 rings (SSSR count). The number of ether oxygens (including phenoxy) is 2. The molecular formula is C19H29N3O4. The molecule has 144 valence electrons. The fraction of sp³-hybridized carbons (Fsp3) is 0.632. The number of amides is 1. The summed E-state index contributed by atoms with van der Waals surface area (Å²) in [6.07, 6.45) is 1.22. The van der Waals surface area contributed by atoms with Gasteiger partial charge in [0.1, 0.15) is 18.0 Å². The second-order valence-electron chi connectivity index (χ2n) is 7.10. The monoisotopic (exact) mass is 363 g/mol. The number of hydrogen-bond donors (Lipinski definition) is 4. The van der Waals surface area contributed by atoms with Crippen molar-refractivity contribution in [1.82, 2.24) is 16.0 Å². The molecule has 7 heteroatoms. The molecule has 0 unspecified atom stereocenters. The second-order valence-corrected chi connectivity index (χ2v) is 7.10. The average Bonchev–Trinajstić information content (AvgIpc) is 3.01. The number of benzene rings is 1. The quantitative estimate of drug-likeness (QED) is 0.594. The second kappa shape index (κ2) is 9.21. The average molecular weight is 363 g/mol. The zero-order valence-electron chi connectivity index (χ0n) is 15.2. The molecule has 26 heavy (non-hydrogen) atoms. The van der Waals surface area contributed by atoms with Crippen molar-refractivity contribution in [3.8, 4) is 5.75 Å². The molecule has 0 bridgehead atoms. The molecule has 4 atom stereocenters. The normalized spacial score (nSPS) is 28.5. The summed E-state index contributed by atoms with van der Waals surface area (Å²) in [6.45, 7) is 3.00. The Labute approximate surface area is 154 Å². The smallest absolute Gasteiger partial charge is 0.407 e. The first-order valence-electron chi connectivity index (χ1n) is 9.35. The number of methoxy groups -OCH3 is 1. The largest absolute Gasteiger partial charge is 0.497 e. The number of rotatable bonds is 6. The summed E-state index contributed by atoms with van der Waals surface area (Å²) in [5.41, 5.74) is 1.10. The molecule has 0 spiro atoms. The van der Waals surface area contributed by atoms with Gasteiger partial charge in [-0.15, -0.1) is 0 Å². The molecule has 2 heterocycles. The molecule has 2 fully saturated rings. The third-order valence-corrected chi connectivity index (χ3v) is 5.16. The molecule has 1 aromatic rings. The van der Waals surface area contributed by atoms with Gasteiger partial charge >= 0.3 is 6.09 Å². The highest BCUT2D eigenvalue weighted by molar-refractivity contribution is 5.67. The predicted octanol–water partition coefficient (Wildman–Crippen LogP) is 0.665. The maximum Gasteiger partial charge on any atom is 0.407 e. The molecular weight excluding hydrogens is 334 g/mol. The van der Waals surface area contributed by atoms with Crippen molar-refractivity contribution in [2.45, 2.75) is 37.5 Å². The summed E-state index contributed by atoms with van der Waals surface area (Å²) in [5, 5.41) is 19.6. The molecule has 0 radical (unpaired) electrons. The Morgan fingerprint density at radius 2 is 2.12 bits per heavy atom. The van der Waals surface area contributed by atoms with Crippen LogP contribution in [0.5, 0.6) is 5.75 Å². The van der Waals surface area contributed by atoms with E-state index in [9.17, 15) is 9.90 Å². The summed E-state index contributed by atoms with van der Waals surface area (Å²) >= 11 is 0. The first kappa shape index (κ1) is 18.9. The lowest BCUT2D eigenvalue weighted by Crippen LogP contribution is -2.43. The third kappa shape index (κ3) is 5.09. The highest BCUT2D eigenvalue weighted by Gasteiger charge is 2.37. The molecule has 4 N–H and O–H groups in total. The minimum atomic E-state index is -0.694. The van der Waals surface area contributed by atoms with E-state index in [1.54, 1.807) is 7.11 Å². The van der Waals surface area contributed by atoms with Gasteiger partial charge in [-0.3, -0.25) is 0 Å². The van der Waals surface area contributed by atoms with Gasteiger partial charge in [-0.1, -0.05) is 12.1 Å². The Morgan fingerprint density at radius 1 is 1.31 bits per heavy atom. The minimum absolute atomic E-state index is 0.111. The summed E-state index contributed by atoms with van der Waals surface area (Å²) in [4.78, 5) is 12.2. The van der Waals surface area contributed by atoms with Gasteiger partial charge in [0.15, 0.2) is 0 Å². The Kier molecular flexibility index (Phi) is 6.71. The van der Waals surface area contributed by atoms with Crippen molar-refractivity contribution in [2.24, 2.45) is 5.92 Å². The standard InChI is InChI=1S/C19H29N3O4/c1-25-15-6-4-13(5-7-15)9-16-18(17(23)12-21-16)26-19(24)22-11-14-3-2-8-20-10-14/h4-7,14,16-18,20-21,23H,2-3,8-12H2,1H3,(H,22,24)/t14-,16-,17+,18+/m1/s1. The molecule has 2 saturated heterocycles. The van der Waals surface area contributed by atoms with Crippen molar-refractivity contribution < 1.29 is 19.4 Å². The lowest BCUT2D eigenvalue weighted by atomic mass is 10.00. The van der Waals surface area contributed by atoms with E-state index in [2.05, 4.69) is 16.0 Å². The zero-order chi connectivity index (χ0) is 18.4. The van der Waals surface area contributed by atoms with Crippen molar-refractivity contribution >= 4 is 6.09 Å². The number of hydrogen-bond acceptors (Lipinski definition) is 6. The first-order valence-corrected chi connectivity index (χ1v) is 9.35. The van der Waals surface area contributed by atoms with Gasteiger partial charge in [0.2, 0.25) is 0 Å². The lowest BCUT2D eigenvalue weighted by molar-refractivity contribution is 0.0185. The summed E-state index contributed by atoms with van der Waals surface area (Å²) in [6, 6.07) is 7.67. The molecule has 1 amide bonds. The van der Waals surface area contributed by atoms with Gasteiger partial charge in [-0.25, -0.2) is 4.79 Å². The topological polar surface area (TPSA) is 91.8 Å². The van der Waals surface area contributed by atoms with Crippen LogP contribution in [0.2, 0.25) is 0 Å². The van der Waals surface area contributed by atoms with Gasteiger partial charge < -0.3 is 30.5 Å². The Hall–Kier alpha value is -1.83. The maximum atomic E-state index is 12.2. The summed E-state index contributed by atoms with van der Waals surface area (Å²) < 4.78 is 10.7. The number of piperidine rings is 1. The third-order valence-electron chi connectivity index (χ3n) is 5.16. The highest BCUT2D eigenvalue weighted by atomic mass is 16.6. The first-order chi connectivity index (χ1) is 12.7. The van der Waals surface area contributed by atoms with Crippen LogP contribution in [0.3, 0.4) is 0 Å². The number of aliphatic hydroxyl groups is 1. The molecule has 0 aromatic heterocycles. The van der Waals surface area contributed by atoms with E-state index in [1.165, 1.54) is 0 Å². The van der Waals surface area contributed by atoms with Crippen LogP contribution in [0.1, 0.15) is 18.4 Å². The molecule has 0 saturated carbocycles. The van der Waals surface area contributed by atoms with E-state index < -0.39 is 18.3 Å². The van der Waals surface area contributed by atoms with Crippen LogP contribution >= 0.6 is 0 Å². The summed E-state index contributed by atoms with van der Waals surface area (Å²) in [7, 11) is 1.63. The van der Waals surface area contributed by atoms with Gasteiger partial charge in [0.05, 0.1) is 13.2 Å². The van der Waals surface area contributed by atoms with E-state index in [4.69, 9.17) is 9.47 Å². The van der Waals surface area contributed by atoms with Crippen molar-refractivity contribution in [3.05, 3.63) is 29.8 Å². The summed E-state index contributed by atoms with van der Waals surface area (Å²) in [5.74, 6) is 1.25. The fourth-order valence-electron chi connectivity index (χ4n) is 3.63. The van der Waals surface area contributed by atoms with Crippen LogP contribution in [-0.4, -0.2) is 62.7 Å². The fourth-order valence-corrected chi connectivity index (χ4v) is 3.63. The van der Waals surface area contributed by atoms with Gasteiger partial charge in [0, 0.05) is 13.1 Å². The number of carbonyl (C=O) groups excluding carboxylic acids is 1. The van der Waals surface area contributed by atoms with E-state index in [0.29, 0.717) is 25.4 Å². The van der Waals surface area contributed by atoms with Gasteiger partial charge in [0.25, 0.3) is 0 Å². The van der Waals surface area contributed by atoms with Gasteiger partial charge in [-0.05, 0) is 56.0 Å². The van der Waals surface area contributed by atoms with E-state index in [-0.39, 0.29) is 6.04 Å². The molecule has 1 aromatic carbocycles. The van der Waals surface area contributed by atoms with E-state index >= 15 is 0 Å². The number of β-amino-alcohol motifs (C(OH)–C–C–N with tert-alkyl or cyclic N) is 1. The molecule has 7 nitrogen and oxygen atoms in total. The Morgan fingerprint density at radius 3 is 2.81 bits per heavy atom. The van der Waals surface area contributed by atoms with E-state index in [1.807, 2.05) is 24.3 Å². The van der Waals surface area contributed by atoms with Crippen molar-refractivity contribution in [3.63, 3.8) is 0 Å². The number of nitrogens with one attached hydrogen (secondary N) is 3. The predicted molar refractivity (Wildman–Crippen MR) is 98.4 cm³/mol. The van der Waals surface area contributed by atoms with Crippen LogP contribution in [0.15, 0.2) is 24.3 Å². The van der Waals surface area contributed by atoms with Crippen LogP contribution in [0.25, 0.3) is 0 Å². The Bertz CT molecular complexity index is 575. The van der Waals surface area contributed by atoms with Crippen molar-refractivity contribution in [2.75, 3.05) is 33.3 Å².